The van der Waals surface area contributed by atoms with E-state index in [9.17, 15) is 4.79 Å². The van der Waals surface area contributed by atoms with Crippen molar-refractivity contribution in [2.24, 2.45) is 0 Å². The largest absolute Gasteiger partial charge is 0.367 e. The van der Waals surface area contributed by atoms with Gasteiger partial charge in [0.1, 0.15) is 0 Å². The number of Topliss-reactive ketones (excluding diaryl/α,β-unsaturated/α-hetero) is 1. The van der Waals surface area contributed by atoms with Crippen LogP contribution in [0.5, 0.6) is 0 Å². The number of nitrogens with zero attached hydrogens (tertiary/aromatic N) is 1. The first-order valence-corrected chi connectivity index (χ1v) is 5.04. The van der Waals surface area contributed by atoms with Gasteiger partial charge in [-0.3, -0.25) is 4.79 Å². The molecule has 4 nitrogen and oxygen atoms in total. The van der Waals surface area contributed by atoms with Crippen molar-refractivity contribution in [1.82, 2.24) is 4.57 Å². The average molecular weight is 219 g/mol. The lowest BCUT2D eigenvalue weighted by Gasteiger charge is -2.06. The van der Waals surface area contributed by atoms with Gasteiger partial charge in [-0.25, -0.2) is 0 Å². The summed E-state index contributed by atoms with van der Waals surface area (Å²) in [4.78, 5) is 11.4. The number of rotatable bonds is 3. The molecule has 4 heteroatoms. The number of aliphatic hydroxyl groups excluding tert-OH is 1. The maximum atomic E-state index is 11.4. The van der Waals surface area contributed by atoms with Crippen LogP contribution in [-0.2, 0) is 6.54 Å². The molecule has 84 valence electrons. The maximum absolute atomic E-state index is 11.4. The van der Waals surface area contributed by atoms with Crippen molar-refractivity contribution in [1.29, 1.82) is 0 Å². The van der Waals surface area contributed by atoms with E-state index >= 15 is 0 Å². The Morgan fingerprint density at radius 3 is 2.69 bits per heavy atom. The highest BCUT2D eigenvalue weighted by Crippen LogP contribution is 2.21. The smallest absolute Gasteiger partial charge is 0.169 e. The SMILES string of the molecule is CC(=O)c1cn(CC(O)O)c2ccccc12. The van der Waals surface area contributed by atoms with Crippen LogP contribution in [0.25, 0.3) is 10.9 Å². The normalized spacial score (nSPS) is 11.2. The van der Waals surface area contributed by atoms with Gasteiger partial charge in [-0.2, -0.15) is 0 Å². The van der Waals surface area contributed by atoms with Crippen LogP contribution in [-0.4, -0.2) is 26.9 Å². The number of carbonyl (C=O) groups is 1. The van der Waals surface area contributed by atoms with Crippen molar-refractivity contribution < 1.29 is 15.0 Å². The number of hydrogen-bond acceptors (Lipinski definition) is 3. The fraction of sp³-hybridized carbons (Fsp3) is 0.250. The molecule has 0 bridgehead atoms. The molecular weight excluding hydrogens is 206 g/mol. The van der Waals surface area contributed by atoms with E-state index in [-0.39, 0.29) is 12.3 Å². The summed E-state index contributed by atoms with van der Waals surface area (Å²) < 4.78 is 1.68. The minimum absolute atomic E-state index is 0.0256. The summed E-state index contributed by atoms with van der Waals surface area (Å²) in [6.45, 7) is 1.56. The molecule has 0 aliphatic rings. The van der Waals surface area contributed by atoms with Gasteiger partial charge in [-0.1, -0.05) is 18.2 Å². The van der Waals surface area contributed by atoms with Gasteiger partial charge < -0.3 is 14.8 Å². The topological polar surface area (TPSA) is 62.5 Å². The Kier molecular flexibility index (Phi) is 2.77. The van der Waals surface area contributed by atoms with Crippen LogP contribution in [0.3, 0.4) is 0 Å². The number of carbonyl (C=O) groups excluding carboxylic acids is 1. The number of hydrogen-bond donors (Lipinski definition) is 2. The molecule has 2 N–H and O–H groups in total. The van der Waals surface area contributed by atoms with Crippen LogP contribution in [0.15, 0.2) is 30.5 Å². The zero-order valence-corrected chi connectivity index (χ0v) is 8.92. The molecular formula is C12H13NO3. The van der Waals surface area contributed by atoms with E-state index in [0.29, 0.717) is 5.56 Å². The molecule has 0 saturated carbocycles. The minimum atomic E-state index is -1.42. The number of aromatic nitrogens is 1. The summed E-state index contributed by atoms with van der Waals surface area (Å²) in [5, 5.41) is 18.8. The predicted molar refractivity (Wildman–Crippen MR) is 60.2 cm³/mol. The van der Waals surface area contributed by atoms with Gasteiger partial charge in [-0.15, -0.1) is 0 Å². The first-order valence-electron chi connectivity index (χ1n) is 5.04. The molecule has 0 aliphatic heterocycles. The summed E-state index contributed by atoms with van der Waals surface area (Å²) in [6.07, 6.45) is 0.238. The second-order valence-corrected chi connectivity index (χ2v) is 3.75. The number of aliphatic hydroxyl groups is 2. The summed E-state index contributed by atoms with van der Waals surface area (Å²) in [5.74, 6) is -0.0256. The fourth-order valence-electron chi connectivity index (χ4n) is 1.85. The van der Waals surface area contributed by atoms with E-state index in [1.54, 1.807) is 10.8 Å². The van der Waals surface area contributed by atoms with Gasteiger partial charge in [0, 0.05) is 22.7 Å². The Labute approximate surface area is 92.7 Å². The van der Waals surface area contributed by atoms with Crippen molar-refractivity contribution in [3.05, 3.63) is 36.0 Å². The van der Waals surface area contributed by atoms with Crippen LogP contribution in [0.4, 0.5) is 0 Å². The maximum Gasteiger partial charge on any atom is 0.169 e. The van der Waals surface area contributed by atoms with Crippen LogP contribution in [0.1, 0.15) is 17.3 Å². The van der Waals surface area contributed by atoms with Gasteiger partial charge in [0.25, 0.3) is 0 Å². The summed E-state index contributed by atoms with van der Waals surface area (Å²) >= 11 is 0. The monoisotopic (exact) mass is 219 g/mol. The van der Waals surface area contributed by atoms with Crippen molar-refractivity contribution in [2.75, 3.05) is 0 Å². The number of ketones is 1. The lowest BCUT2D eigenvalue weighted by molar-refractivity contribution is -0.0505. The highest BCUT2D eigenvalue weighted by atomic mass is 16.5. The van der Waals surface area contributed by atoms with E-state index in [4.69, 9.17) is 10.2 Å². The third kappa shape index (κ3) is 1.85. The number of fused-ring (bicyclic) bond motifs is 1. The average Bonchev–Trinajstić information content (AvgIpc) is 2.57. The minimum Gasteiger partial charge on any atom is -0.367 e. The Morgan fingerprint density at radius 1 is 1.38 bits per heavy atom. The highest BCUT2D eigenvalue weighted by Gasteiger charge is 2.12. The zero-order chi connectivity index (χ0) is 11.7. The molecule has 0 atom stereocenters. The Morgan fingerprint density at radius 2 is 2.06 bits per heavy atom. The zero-order valence-electron chi connectivity index (χ0n) is 8.92. The first kappa shape index (κ1) is 10.9. The van der Waals surface area contributed by atoms with Crippen molar-refractivity contribution in [2.45, 2.75) is 19.8 Å². The lowest BCUT2D eigenvalue weighted by Crippen LogP contribution is -2.13. The summed E-state index contributed by atoms with van der Waals surface area (Å²) in [6, 6.07) is 7.41. The van der Waals surface area contributed by atoms with E-state index < -0.39 is 6.29 Å². The van der Waals surface area contributed by atoms with E-state index in [2.05, 4.69) is 0 Å². The van der Waals surface area contributed by atoms with Gasteiger partial charge in [0.15, 0.2) is 12.1 Å². The van der Waals surface area contributed by atoms with E-state index in [1.807, 2.05) is 24.3 Å². The van der Waals surface area contributed by atoms with Gasteiger partial charge in [-0.05, 0) is 13.0 Å². The summed E-state index contributed by atoms with van der Waals surface area (Å²) in [5.41, 5.74) is 1.44. The van der Waals surface area contributed by atoms with Crippen LogP contribution in [0.2, 0.25) is 0 Å². The highest BCUT2D eigenvalue weighted by molar-refractivity contribution is 6.06. The molecule has 2 rings (SSSR count). The van der Waals surface area contributed by atoms with Crippen molar-refractivity contribution >= 4 is 16.7 Å². The Hall–Kier alpha value is -1.65. The summed E-state index contributed by atoms with van der Waals surface area (Å²) in [7, 11) is 0. The molecule has 2 aromatic rings. The molecule has 1 heterocycles. The number of para-hydroxylation sites is 1. The molecule has 16 heavy (non-hydrogen) atoms. The fourth-order valence-corrected chi connectivity index (χ4v) is 1.85. The van der Waals surface area contributed by atoms with Crippen molar-refractivity contribution in [3.63, 3.8) is 0 Å². The molecule has 1 aromatic heterocycles. The van der Waals surface area contributed by atoms with Crippen molar-refractivity contribution in [3.8, 4) is 0 Å². The Bertz CT molecular complexity index is 528. The third-order valence-corrected chi connectivity index (χ3v) is 2.53. The van der Waals surface area contributed by atoms with Gasteiger partial charge in [0.2, 0.25) is 0 Å². The molecule has 0 aliphatic carbocycles. The first-order chi connectivity index (χ1) is 7.59. The second-order valence-electron chi connectivity index (χ2n) is 3.75. The molecule has 0 amide bonds. The van der Waals surface area contributed by atoms with E-state index in [0.717, 1.165) is 10.9 Å². The standard InChI is InChI=1S/C12H13NO3/c1-8(14)10-6-13(7-12(15)16)11-5-3-2-4-9(10)11/h2-6,12,15-16H,7H2,1H3. The van der Waals surface area contributed by atoms with E-state index in [1.165, 1.54) is 6.92 Å². The van der Waals surface area contributed by atoms with Gasteiger partial charge >= 0.3 is 0 Å². The van der Waals surface area contributed by atoms with Gasteiger partial charge in [0.05, 0.1) is 6.54 Å². The second kappa shape index (κ2) is 4.08. The van der Waals surface area contributed by atoms with Crippen LogP contribution >= 0.6 is 0 Å². The molecule has 0 saturated heterocycles. The number of benzene rings is 1. The third-order valence-electron chi connectivity index (χ3n) is 2.53. The Balaban J connectivity index is 2.62. The molecule has 1 aromatic carbocycles. The predicted octanol–water partition coefficient (Wildman–Crippen LogP) is 1.15. The van der Waals surface area contributed by atoms with Crippen LogP contribution in [0, 0.1) is 0 Å². The lowest BCUT2D eigenvalue weighted by atomic mass is 10.1. The molecule has 0 radical (unpaired) electrons. The quantitative estimate of drug-likeness (QED) is 0.601. The molecule has 0 fully saturated rings. The molecule has 0 spiro atoms. The molecule has 0 unspecified atom stereocenters. The van der Waals surface area contributed by atoms with Crippen LogP contribution < -0.4 is 0 Å².